The molecule has 0 heterocycles. The van der Waals surface area contributed by atoms with E-state index >= 15 is 0 Å². The van der Waals surface area contributed by atoms with Crippen LogP contribution in [0.5, 0.6) is 0 Å². The predicted molar refractivity (Wildman–Crippen MR) is 55.8 cm³/mol. The zero-order chi connectivity index (χ0) is 13.2. The third-order valence-corrected chi connectivity index (χ3v) is 2.26. The molecule has 94 valence electrons. The van der Waals surface area contributed by atoms with Gasteiger partial charge in [0.2, 0.25) is 0 Å². The van der Waals surface area contributed by atoms with E-state index in [0.29, 0.717) is 0 Å². The van der Waals surface area contributed by atoms with Crippen LogP contribution in [-0.2, 0) is 4.79 Å². The Bertz CT molecular complexity index is 436. The van der Waals surface area contributed by atoms with E-state index in [4.69, 9.17) is 11.6 Å². The average molecular weight is 270 g/mol. The fraction of sp³-hybridized carbons (Fsp3) is 0.300. The maximum Gasteiger partial charge on any atom is 0.383 e. The van der Waals surface area contributed by atoms with Crippen molar-refractivity contribution in [2.24, 2.45) is 0 Å². The fourth-order valence-electron chi connectivity index (χ4n) is 1.03. The highest BCUT2D eigenvalue weighted by atomic mass is 35.5. The first-order valence-corrected chi connectivity index (χ1v) is 4.86. The molecule has 1 amide bonds. The van der Waals surface area contributed by atoms with Crippen LogP contribution in [0, 0.1) is 6.92 Å². The molecule has 0 bridgehead atoms. The lowest BCUT2D eigenvalue weighted by Crippen LogP contribution is -2.41. The Labute approximate surface area is 99.6 Å². The van der Waals surface area contributed by atoms with Gasteiger partial charge in [0.15, 0.2) is 0 Å². The van der Waals surface area contributed by atoms with Crippen molar-refractivity contribution in [2.75, 3.05) is 5.32 Å². The second-order valence-electron chi connectivity index (χ2n) is 3.36. The number of hydrogen-bond donors (Lipinski definition) is 1. The highest BCUT2D eigenvalue weighted by Gasteiger charge is 2.49. The van der Waals surface area contributed by atoms with Crippen molar-refractivity contribution in [2.45, 2.75) is 19.3 Å². The Hall–Kier alpha value is -1.30. The van der Waals surface area contributed by atoms with Crippen molar-refractivity contribution in [1.29, 1.82) is 0 Å². The lowest BCUT2D eigenvalue weighted by Gasteiger charge is -2.15. The maximum atomic E-state index is 12.6. The van der Waals surface area contributed by atoms with E-state index in [1.54, 1.807) is 12.2 Å². The Kier molecular flexibility index (Phi) is 3.98. The van der Waals surface area contributed by atoms with Crippen molar-refractivity contribution >= 4 is 23.2 Å². The van der Waals surface area contributed by atoms with Gasteiger partial charge >= 0.3 is 18.3 Å². The van der Waals surface area contributed by atoms with Crippen LogP contribution in [0.25, 0.3) is 0 Å². The highest BCUT2D eigenvalue weighted by molar-refractivity contribution is 6.33. The molecular weight excluding hydrogens is 262 g/mol. The van der Waals surface area contributed by atoms with E-state index in [9.17, 15) is 22.4 Å². The third kappa shape index (κ3) is 3.09. The zero-order valence-electron chi connectivity index (χ0n) is 8.61. The van der Waals surface area contributed by atoms with Crippen molar-refractivity contribution in [3.8, 4) is 0 Å². The second-order valence-corrected chi connectivity index (χ2v) is 3.77. The number of benzene rings is 1. The van der Waals surface area contributed by atoms with Crippen molar-refractivity contribution in [1.82, 2.24) is 0 Å². The van der Waals surface area contributed by atoms with Gasteiger partial charge in [0.1, 0.15) is 0 Å². The molecule has 0 saturated heterocycles. The standard InChI is InChI=1S/C10H8ClF4NO/c1-5-2-3-7(6(11)4-5)16-9(17)10(14,15)8(12)13/h2-4,8H,1H3,(H,16,17). The Morgan fingerprint density at radius 1 is 1.41 bits per heavy atom. The van der Waals surface area contributed by atoms with Gasteiger partial charge in [0.05, 0.1) is 10.7 Å². The molecule has 0 fully saturated rings. The lowest BCUT2D eigenvalue weighted by molar-refractivity contribution is -0.163. The molecular formula is C10H8ClF4NO. The van der Waals surface area contributed by atoms with Crippen LogP contribution in [-0.4, -0.2) is 18.3 Å². The van der Waals surface area contributed by atoms with Crippen LogP contribution in [0.1, 0.15) is 5.56 Å². The van der Waals surface area contributed by atoms with E-state index in [-0.39, 0.29) is 10.7 Å². The fourth-order valence-corrected chi connectivity index (χ4v) is 1.31. The van der Waals surface area contributed by atoms with E-state index in [2.05, 4.69) is 0 Å². The molecule has 1 N–H and O–H groups in total. The first-order valence-electron chi connectivity index (χ1n) is 4.48. The van der Waals surface area contributed by atoms with Gasteiger partial charge in [-0.3, -0.25) is 4.79 Å². The minimum atomic E-state index is -4.74. The van der Waals surface area contributed by atoms with E-state index in [1.165, 1.54) is 18.2 Å². The molecule has 0 saturated carbocycles. The summed E-state index contributed by atoms with van der Waals surface area (Å²) in [5.41, 5.74) is 0.608. The molecule has 1 aromatic rings. The monoisotopic (exact) mass is 269 g/mol. The minimum Gasteiger partial charge on any atom is -0.319 e. The van der Waals surface area contributed by atoms with Gasteiger partial charge in [-0.2, -0.15) is 8.78 Å². The second kappa shape index (κ2) is 4.91. The number of carbonyl (C=O) groups excluding carboxylic acids is 1. The summed E-state index contributed by atoms with van der Waals surface area (Å²) < 4.78 is 49.0. The summed E-state index contributed by atoms with van der Waals surface area (Å²) in [4.78, 5) is 10.9. The molecule has 0 atom stereocenters. The summed E-state index contributed by atoms with van der Waals surface area (Å²) in [6, 6.07) is 4.18. The number of amides is 1. The molecule has 7 heteroatoms. The van der Waals surface area contributed by atoms with Gasteiger partial charge in [-0.25, -0.2) is 8.78 Å². The summed E-state index contributed by atoms with van der Waals surface area (Å²) in [5, 5.41) is 1.66. The van der Waals surface area contributed by atoms with Crippen molar-refractivity contribution < 1.29 is 22.4 Å². The molecule has 0 spiro atoms. The first-order chi connectivity index (χ1) is 7.75. The summed E-state index contributed by atoms with van der Waals surface area (Å²) in [6.45, 7) is 1.70. The van der Waals surface area contributed by atoms with Crippen LogP contribution in [0.4, 0.5) is 23.2 Å². The van der Waals surface area contributed by atoms with E-state index < -0.39 is 18.3 Å². The van der Waals surface area contributed by atoms with Crippen molar-refractivity contribution in [3.05, 3.63) is 28.8 Å². The van der Waals surface area contributed by atoms with Crippen LogP contribution < -0.4 is 5.32 Å². The summed E-state index contributed by atoms with van der Waals surface area (Å²) >= 11 is 5.66. The number of halogens is 5. The smallest absolute Gasteiger partial charge is 0.319 e. The molecule has 0 unspecified atom stereocenters. The average Bonchev–Trinajstić information content (AvgIpc) is 2.21. The SMILES string of the molecule is Cc1ccc(NC(=O)C(F)(F)C(F)F)c(Cl)c1. The molecule has 0 radical (unpaired) electrons. The number of carbonyl (C=O) groups is 1. The quantitative estimate of drug-likeness (QED) is 0.836. The van der Waals surface area contributed by atoms with Crippen LogP contribution in [0.3, 0.4) is 0 Å². The Balaban J connectivity index is 2.89. The normalized spacial score (nSPS) is 11.7. The van der Waals surface area contributed by atoms with E-state index in [1.807, 2.05) is 0 Å². The van der Waals surface area contributed by atoms with Gasteiger partial charge in [-0.1, -0.05) is 17.7 Å². The molecule has 2 nitrogen and oxygen atoms in total. The topological polar surface area (TPSA) is 29.1 Å². The van der Waals surface area contributed by atoms with Crippen molar-refractivity contribution in [3.63, 3.8) is 0 Å². The Morgan fingerprint density at radius 2 is 2.00 bits per heavy atom. The summed E-state index contributed by atoms with van der Waals surface area (Å²) in [5.74, 6) is -6.83. The van der Waals surface area contributed by atoms with Crippen LogP contribution >= 0.6 is 11.6 Å². The van der Waals surface area contributed by atoms with Crippen LogP contribution in [0.2, 0.25) is 5.02 Å². The first kappa shape index (κ1) is 13.8. The van der Waals surface area contributed by atoms with Crippen LogP contribution in [0.15, 0.2) is 18.2 Å². The third-order valence-electron chi connectivity index (χ3n) is 1.95. The molecule has 0 aliphatic heterocycles. The summed E-state index contributed by atoms with van der Waals surface area (Å²) in [7, 11) is 0. The molecule has 0 aromatic heterocycles. The molecule has 17 heavy (non-hydrogen) atoms. The molecule has 0 aliphatic rings. The zero-order valence-corrected chi connectivity index (χ0v) is 9.36. The van der Waals surface area contributed by atoms with Gasteiger partial charge in [0.25, 0.3) is 0 Å². The number of rotatable bonds is 3. The number of hydrogen-bond acceptors (Lipinski definition) is 1. The molecule has 0 aliphatic carbocycles. The molecule has 1 rings (SSSR count). The maximum absolute atomic E-state index is 12.6. The Morgan fingerprint density at radius 3 is 2.47 bits per heavy atom. The number of aryl methyl sites for hydroxylation is 1. The van der Waals surface area contributed by atoms with Gasteiger partial charge in [-0.05, 0) is 24.6 Å². The van der Waals surface area contributed by atoms with E-state index in [0.717, 1.165) is 5.56 Å². The predicted octanol–water partition coefficient (Wildman–Crippen LogP) is 3.49. The number of anilines is 1. The largest absolute Gasteiger partial charge is 0.383 e. The summed E-state index contributed by atoms with van der Waals surface area (Å²) in [6.07, 6.45) is -4.06. The van der Waals surface area contributed by atoms with Gasteiger partial charge in [-0.15, -0.1) is 0 Å². The van der Waals surface area contributed by atoms with Gasteiger partial charge in [0, 0.05) is 0 Å². The minimum absolute atomic E-state index is 0.00316. The molecule has 1 aromatic carbocycles. The number of nitrogens with one attached hydrogen (secondary N) is 1. The highest BCUT2D eigenvalue weighted by Crippen LogP contribution is 2.28. The number of alkyl halides is 4. The van der Waals surface area contributed by atoms with Gasteiger partial charge < -0.3 is 5.32 Å². The lowest BCUT2D eigenvalue weighted by atomic mass is 10.2.